The number of nitrogens with zero attached hydrogens (tertiary/aromatic N) is 1. The van der Waals surface area contributed by atoms with Crippen molar-refractivity contribution in [2.24, 2.45) is 0 Å². The number of carbonyl (C=O) groups excluding carboxylic acids is 1. The van der Waals surface area contributed by atoms with Crippen LogP contribution in [-0.2, 0) is 6.42 Å². The van der Waals surface area contributed by atoms with E-state index in [1.165, 1.54) is 6.26 Å². The molecule has 1 atom stereocenters. The molecule has 30 heavy (non-hydrogen) atoms. The summed E-state index contributed by atoms with van der Waals surface area (Å²) in [5.74, 6) is 1.29. The molecule has 0 aliphatic rings. The molecule has 1 heterocycles. The van der Waals surface area contributed by atoms with E-state index in [0.717, 1.165) is 11.1 Å². The molecule has 1 aromatic heterocycles. The fourth-order valence-corrected chi connectivity index (χ4v) is 3.08. The van der Waals surface area contributed by atoms with Gasteiger partial charge in [-0.1, -0.05) is 12.1 Å². The van der Waals surface area contributed by atoms with Gasteiger partial charge in [0.2, 0.25) is 0 Å². The number of carbonyl (C=O) groups is 1. The van der Waals surface area contributed by atoms with E-state index in [9.17, 15) is 9.90 Å². The van der Waals surface area contributed by atoms with Gasteiger partial charge in [-0.3, -0.25) is 4.79 Å². The predicted molar refractivity (Wildman–Crippen MR) is 110 cm³/mol. The van der Waals surface area contributed by atoms with Crippen LogP contribution in [0.4, 0.5) is 0 Å². The van der Waals surface area contributed by atoms with E-state index in [0.29, 0.717) is 34.8 Å². The summed E-state index contributed by atoms with van der Waals surface area (Å²) >= 11 is 0. The molecule has 0 saturated carbocycles. The first kappa shape index (κ1) is 21.0. The Morgan fingerprint density at radius 2 is 1.97 bits per heavy atom. The molecule has 1 amide bonds. The quantitative estimate of drug-likeness (QED) is 0.595. The molecule has 7 heteroatoms. The second-order valence-electron chi connectivity index (χ2n) is 6.64. The maximum atomic E-state index is 12.6. The zero-order valence-corrected chi connectivity index (χ0v) is 16.7. The van der Waals surface area contributed by atoms with Crippen LogP contribution in [0.3, 0.4) is 0 Å². The van der Waals surface area contributed by atoms with Crippen LogP contribution in [0.15, 0.2) is 59.2 Å². The first-order valence-electron chi connectivity index (χ1n) is 9.29. The molecule has 3 aromatic rings. The Bertz CT molecular complexity index is 1070. The number of rotatable bonds is 8. The summed E-state index contributed by atoms with van der Waals surface area (Å²) in [4.78, 5) is 12.6. The molecule has 0 bridgehead atoms. The monoisotopic (exact) mass is 406 g/mol. The van der Waals surface area contributed by atoms with Crippen molar-refractivity contribution in [1.82, 2.24) is 5.32 Å². The van der Waals surface area contributed by atoms with Gasteiger partial charge in [-0.15, -0.1) is 0 Å². The van der Waals surface area contributed by atoms with Crippen molar-refractivity contribution in [3.05, 3.63) is 71.5 Å². The van der Waals surface area contributed by atoms with Gasteiger partial charge in [-0.25, -0.2) is 0 Å². The number of hydrogen-bond donors (Lipinski definition) is 2. The minimum absolute atomic E-state index is 0.233. The van der Waals surface area contributed by atoms with Crippen molar-refractivity contribution in [2.75, 3.05) is 20.8 Å². The van der Waals surface area contributed by atoms with Crippen LogP contribution in [0.25, 0.3) is 11.3 Å². The number of hydrogen-bond acceptors (Lipinski definition) is 6. The van der Waals surface area contributed by atoms with Crippen molar-refractivity contribution in [2.45, 2.75) is 12.5 Å². The van der Waals surface area contributed by atoms with E-state index in [-0.39, 0.29) is 12.5 Å². The lowest BCUT2D eigenvalue weighted by molar-refractivity contribution is 0.0916. The van der Waals surface area contributed by atoms with Crippen LogP contribution in [0, 0.1) is 11.3 Å². The number of furan rings is 1. The number of aliphatic hydroxyl groups is 1. The third-order valence-corrected chi connectivity index (χ3v) is 4.62. The van der Waals surface area contributed by atoms with Gasteiger partial charge in [-0.2, -0.15) is 5.26 Å². The maximum absolute atomic E-state index is 12.6. The summed E-state index contributed by atoms with van der Waals surface area (Å²) in [7, 11) is 3.10. The van der Waals surface area contributed by atoms with Gasteiger partial charge < -0.3 is 24.3 Å². The lowest BCUT2D eigenvalue weighted by atomic mass is 10.0. The first-order chi connectivity index (χ1) is 14.6. The molecule has 2 aromatic carbocycles. The molecular weight excluding hydrogens is 384 g/mol. The summed E-state index contributed by atoms with van der Waals surface area (Å²) in [5, 5.41) is 21.5. The van der Waals surface area contributed by atoms with Crippen LogP contribution < -0.4 is 14.8 Å². The Kier molecular flexibility index (Phi) is 6.73. The third-order valence-electron chi connectivity index (χ3n) is 4.62. The molecule has 0 aliphatic heterocycles. The fraction of sp³-hybridized carbons (Fsp3) is 0.217. The minimum Gasteiger partial charge on any atom is -0.493 e. The average Bonchev–Trinajstić information content (AvgIpc) is 3.28. The SMILES string of the molecule is COc1ccc(-c2cc(C(=O)N[C@@H](CO)Cc3cccc(C#N)c3)co2)cc1OC. The predicted octanol–water partition coefficient (Wildman–Crippen LogP) is 3.17. The second kappa shape index (κ2) is 9.63. The van der Waals surface area contributed by atoms with E-state index in [1.807, 2.05) is 6.07 Å². The van der Waals surface area contributed by atoms with Crippen molar-refractivity contribution < 1.29 is 23.8 Å². The largest absolute Gasteiger partial charge is 0.493 e. The van der Waals surface area contributed by atoms with E-state index in [2.05, 4.69) is 11.4 Å². The Morgan fingerprint density at radius 1 is 1.17 bits per heavy atom. The second-order valence-corrected chi connectivity index (χ2v) is 6.64. The summed E-state index contributed by atoms with van der Waals surface area (Å²) in [6.07, 6.45) is 1.77. The molecule has 0 fully saturated rings. The molecule has 2 N–H and O–H groups in total. The number of nitrogens with one attached hydrogen (secondary N) is 1. The topological polar surface area (TPSA) is 105 Å². The minimum atomic E-state index is -0.495. The summed E-state index contributed by atoms with van der Waals surface area (Å²) in [6.45, 7) is -0.233. The molecule has 0 saturated heterocycles. The highest BCUT2D eigenvalue weighted by Crippen LogP contribution is 2.33. The smallest absolute Gasteiger partial charge is 0.254 e. The number of benzene rings is 2. The van der Waals surface area contributed by atoms with Crippen molar-refractivity contribution in [3.63, 3.8) is 0 Å². The van der Waals surface area contributed by atoms with Crippen LogP contribution in [-0.4, -0.2) is 37.9 Å². The summed E-state index contributed by atoms with van der Waals surface area (Å²) < 4.78 is 16.1. The van der Waals surface area contributed by atoms with Gasteiger partial charge in [0, 0.05) is 5.56 Å². The molecular formula is C23H22N2O5. The highest BCUT2D eigenvalue weighted by Gasteiger charge is 2.17. The van der Waals surface area contributed by atoms with E-state index >= 15 is 0 Å². The Labute approximate surface area is 174 Å². The standard InChI is InChI=1S/C23H22N2O5/c1-28-20-7-6-17(10-22(20)29-2)21-11-18(14-30-21)23(27)25-19(13-26)9-15-4-3-5-16(8-15)12-24/h3-8,10-11,14,19,26H,9,13H2,1-2H3,(H,25,27)/t19-/m1/s1. The molecule has 0 aliphatic carbocycles. The zero-order valence-electron chi connectivity index (χ0n) is 16.7. The fourth-order valence-electron chi connectivity index (χ4n) is 3.08. The zero-order chi connectivity index (χ0) is 21.5. The van der Waals surface area contributed by atoms with Crippen molar-refractivity contribution in [1.29, 1.82) is 5.26 Å². The number of nitriles is 1. The Morgan fingerprint density at radius 3 is 2.67 bits per heavy atom. The van der Waals surface area contributed by atoms with Crippen LogP contribution in [0.1, 0.15) is 21.5 Å². The van der Waals surface area contributed by atoms with Crippen LogP contribution in [0.2, 0.25) is 0 Å². The van der Waals surface area contributed by atoms with Gasteiger partial charge in [0.25, 0.3) is 5.91 Å². The van der Waals surface area contributed by atoms with E-state index in [4.69, 9.17) is 19.2 Å². The Balaban J connectivity index is 1.71. The highest BCUT2D eigenvalue weighted by atomic mass is 16.5. The summed E-state index contributed by atoms with van der Waals surface area (Å²) in [6, 6.07) is 15.6. The van der Waals surface area contributed by atoms with E-state index < -0.39 is 6.04 Å². The van der Waals surface area contributed by atoms with Crippen LogP contribution in [0.5, 0.6) is 11.5 Å². The normalized spacial score (nSPS) is 11.4. The average molecular weight is 406 g/mol. The van der Waals surface area contributed by atoms with Gasteiger partial charge in [0.15, 0.2) is 11.5 Å². The molecule has 0 unspecified atom stereocenters. The first-order valence-corrected chi connectivity index (χ1v) is 9.29. The van der Waals surface area contributed by atoms with Crippen LogP contribution >= 0.6 is 0 Å². The molecule has 0 radical (unpaired) electrons. The molecule has 0 spiro atoms. The lowest BCUT2D eigenvalue weighted by Crippen LogP contribution is -2.38. The maximum Gasteiger partial charge on any atom is 0.254 e. The van der Waals surface area contributed by atoms with Gasteiger partial charge >= 0.3 is 0 Å². The van der Waals surface area contributed by atoms with Crippen molar-refractivity contribution in [3.8, 4) is 28.9 Å². The number of amides is 1. The van der Waals surface area contributed by atoms with Gasteiger partial charge in [-0.05, 0) is 48.4 Å². The molecule has 7 nitrogen and oxygen atoms in total. The number of ether oxygens (including phenoxy) is 2. The lowest BCUT2D eigenvalue weighted by Gasteiger charge is -2.16. The third kappa shape index (κ3) is 4.80. The molecule has 154 valence electrons. The van der Waals surface area contributed by atoms with E-state index in [1.54, 1.807) is 56.7 Å². The number of aliphatic hydroxyl groups excluding tert-OH is 1. The summed E-state index contributed by atoms with van der Waals surface area (Å²) in [5.41, 5.74) is 2.46. The number of methoxy groups -OCH3 is 2. The Hall–Kier alpha value is -3.76. The molecule has 3 rings (SSSR count). The van der Waals surface area contributed by atoms with Gasteiger partial charge in [0.05, 0.1) is 44.1 Å². The van der Waals surface area contributed by atoms with Gasteiger partial charge in [0.1, 0.15) is 12.0 Å². The highest BCUT2D eigenvalue weighted by molar-refractivity contribution is 5.95. The van der Waals surface area contributed by atoms with Crippen molar-refractivity contribution >= 4 is 5.91 Å².